The average Bonchev–Trinajstić information content (AvgIpc) is 3.77. The summed E-state index contributed by atoms with van der Waals surface area (Å²) in [4.78, 5) is 15.9. The molecular weight excluding hydrogens is 543 g/mol. The van der Waals surface area contributed by atoms with Crippen molar-refractivity contribution in [3.05, 3.63) is 47.8 Å². The normalized spacial score (nSPS) is 16.5. The van der Waals surface area contributed by atoms with Gasteiger partial charge in [-0.2, -0.15) is 0 Å². The van der Waals surface area contributed by atoms with Gasteiger partial charge in [0.05, 0.1) is 12.4 Å². The summed E-state index contributed by atoms with van der Waals surface area (Å²) in [6, 6.07) is 0. The molecule has 0 bridgehead atoms. The Morgan fingerprint density at radius 3 is 1.32 bits per heavy atom. The van der Waals surface area contributed by atoms with Gasteiger partial charge < -0.3 is 0 Å². The largest absolute Gasteiger partial charge is 0.241 e. The van der Waals surface area contributed by atoms with E-state index in [1.807, 2.05) is 33.2 Å². The molecule has 3 fully saturated rings. The summed E-state index contributed by atoms with van der Waals surface area (Å²) in [5.41, 5.74) is 1.87. The van der Waals surface area contributed by atoms with Crippen LogP contribution >= 0.6 is 0 Å². The molecule has 0 amide bonds. The molecule has 3 saturated carbocycles. The van der Waals surface area contributed by atoms with E-state index in [9.17, 15) is 4.39 Å². The third kappa shape index (κ3) is 20.2. The number of hydrogen-bond acceptors (Lipinski definition) is 4. The number of rotatable bonds is 7. The Hall–Kier alpha value is -1.91. The molecular formula is C39H73FN4. The molecule has 2 heterocycles. The zero-order chi connectivity index (χ0) is 32.0. The molecule has 2 aromatic rings. The molecule has 44 heavy (non-hydrogen) atoms. The van der Waals surface area contributed by atoms with E-state index in [-0.39, 0.29) is 26.6 Å². The van der Waals surface area contributed by atoms with Crippen molar-refractivity contribution in [1.82, 2.24) is 19.9 Å². The third-order valence-corrected chi connectivity index (χ3v) is 8.83. The van der Waals surface area contributed by atoms with Crippen LogP contribution in [0.4, 0.5) is 4.39 Å². The first-order valence-electron chi connectivity index (χ1n) is 16.8. The van der Waals surface area contributed by atoms with Gasteiger partial charge in [-0.05, 0) is 85.5 Å². The van der Waals surface area contributed by atoms with Gasteiger partial charge in [0.1, 0.15) is 11.6 Å². The summed E-state index contributed by atoms with van der Waals surface area (Å²) in [5.74, 6) is 7.87. The van der Waals surface area contributed by atoms with Crippen molar-refractivity contribution in [1.29, 1.82) is 0 Å². The van der Waals surface area contributed by atoms with Gasteiger partial charge in [0.25, 0.3) is 0 Å². The lowest BCUT2D eigenvalue weighted by atomic mass is 9.93. The molecule has 2 aromatic heterocycles. The standard InChI is InChI=1S/C8H12N2.C8H16.C7H9FN2.2C7H14.2CH4/c1-6(2)8-9-4-7(3)5-10-8;1-6(2)7(3)8-4-5-8;1-5(2)7-9-3-6(8)4-10-7;1-6(2)7(3)4-5-7;1-6(2)5-7-3-4-7;;/h4-6H,1-3H3;6-8H,4-5H2,1-3H3;3-5H,1-2H3;6H,4-5H2,1-3H3;6-7H,3-5H2,1-2H3;2*1H4. The predicted octanol–water partition coefficient (Wildman–Crippen LogP) is 12.5. The van der Waals surface area contributed by atoms with E-state index in [2.05, 4.69) is 89.2 Å². The molecule has 0 spiro atoms. The van der Waals surface area contributed by atoms with Crippen LogP contribution in [0.25, 0.3) is 0 Å². The topological polar surface area (TPSA) is 51.6 Å². The fraction of sp³-hybridized carbons (Fsp3) is 0.795. The fourth-order valence-corrected chi connectivity index (χ4v) is 4.28. The minimum Gasteiger partial charge on any atom is -0.241 e. The van der Waals surface area contributed by atoms with Gasteiger partial charge in [0.2, 0.25) is 0 Å². The first kappa shape index (κ1) is 44.2. The SMILES string of the molecule is C.C.CC(C)C(C)C1CC1.CC(C)C1(C)CC1.CC(C)CC1CC1.CC(C)c1ncc(F)cn1.Cc1cnc(C(C)C)nc1. The molecule has 5 heteroatoms. The van der Waals surface area contributed by atoms with Crippen LogP contribution in [0.5, 0.6) is 0 Å². The molecule has 0 aliphatic heterocycles. The van der Waals surface area contributed by atoms with E-state index < -0.39 is 0 Å². The van der Waals surface area contributed by atoms with Gasteiger partial charge in [-0.3, -0.25) is 0 Å². The van der Waals surface area contributed by atoms with Crippen molar-refractivity contribution in [3.63, 3.8) is 0 Å². The molecule has 0 radical (unpaired) electrons. The van der Waals surface area contributed by atoms with Gasteiger partial charge in [-0.15, -0.1) is 0 Å². The summed E-state index contributed by atoms with van der Waals surface area (Å²) < 4.78 is 12.2. The van der Waals surface area contributed by atoms with Gasteiger partial charge in [0.15, 0.2) is 5.82 Å². The van der Waals surface area contributed by atoms with E-state index in [1.54, 1.807) is 0 Å². The third-order valence-electron chi connectivity index (χ3n) is 8.83. The summed E-state index contributed by atoms with van der Waals surface area (Å²) >= 11 is 0. The molecule has 5 rings (SSSR count). The van der Waals surface area contributed by atoms with Crippen LogP contribution < -0.4 is 0 Å². The molecule has 3 aliphatic rings. The second-order valence-electron chi connectivity index (χ2n) is 15.0. The van der Waals surface area contributed by atoms with Crippen molar-refractivity contribution in [3.8, 4) is 0 Å². The van der Waals surface area contributed by atoms with Crippen LogP contribution in [0.15, 0.2) is 24.8 Å². The first-order chi connectivity index (χ1) is 19.6. The smallest absolute Gasteiger partial charge is 0.159 e. The lowest BCUT2D eigenvalue weighted by Gasteiger charge is -2.12. The van der Waals surface area contributed by atoms with Crippen LogP contribution in [0.1, 0.15) is 172 Å². The highest BCUT2D eigenvalue weighted by Gasteiger charge is 2.39. The monoisotopic (exact) mass is 617 g/mol. The Morgan fingerprint density at radius 2 is 1.11 bits per heavy atom. The second kappa shape index (κ2) is 21.8. The highest BCUT2D eigenvalue weighted by Crippen LogP contribution is 2.51. The van der Waals surface area contributed by atoms with Crippen molar-refractivity contribution in [2.75, 3.05) is 0 Å². The number of aromatic nitrogens is 4. The molecule has 1 atom stereocenters. The van der Waals surface area contributed by atoms with E-state index in [4.69, 9.17) is 0 Å². The number of hydrogen-bond donors (Lipinski definition) is 0. The Labute approximate surface area is 274 Å². The lowest BCUT2D eigenvalue weighted by Crippen LogP contribution is -2.04. The number of halogens is 1. The lowest BCUT2D eigenvalue weighted by molar-refractivity contribution is 0.372. The number of aryl methyl sites for hydroxylation is 1. The highest BCUT2D eigenvalue weighted by atomic mass is 19.1. The van der Waals surface area contributed by atoms with Crippen LogP contribution in [-0.2, 0) is 0 Å². The molecule has 0 aromatic carbocycles. The molecule has 3 aliphatic carbocycles. The van der Waals surface area contributed by atoms with Gasteiger partial charge in [-0.25, -0.2) is 24.3 Å². The second-order valence-corrected chi connectivity index (χ2v) is 15.0. The Kier molecular flexibility index (Phi) is 21.9. The van der Waals surface area contributed by atoms with Gasteiger partial charge in [0, 0.05) is 24.2 Å². The Bertz CT molecular complexity index is 903. The minimum atomic E-state index is -0.385. The molecule has 256 valence electrons. The molecule has 0 saturated heterocycles. The zero-order valence-electron chi connectivity index (χ0n) is 29.5. The average molecular weight is 617 g/mol. The van der Waals surface area contributed by atoms with E-state index in [1.165, 1.54) is 57.3 Å². The maximum atomic E-state index is 12.2. The zero-order valence-corrected chi connectivity index (χ0v) is 29.5. The van der Waals surface area contributed by atoms with Gasteiger partial charge >= 0.3 is 0 Å². The van der Waals surface area contributed by atoms with E-state index >= 15 is 0 Å². The van der Waals surface area contributed by atoms with E-state index in [0.29, 0.717) is 11.7 Å². The predicted molar refractivity (Wildman–Crippen MR) is 191 cm³/mol. The molecule has 4 nitrogen and oxygen atoms in total. The van der Waals surface area contributed by atoms with E-state index in [0.717, 1.165) is 52.3 Å². The van der Waals surface area contributed by atoms with Crippen LogP contribution in [0.3, 0.4) is 0 Å². The Morgan fingerprint density at radius 1 is 0.705 bits per heavy atom. The minimum absolute atomic E-state index is 0. The first-order valence-corrected chi connectivity index (χ1v) is 16.8. The number of nitrogens with zero attached hydrogens (tertiary/aromatic N) is 4. The van der Waals surface area contributed by atoms with Crippen molar-refractivity contribution < 1.29 is 4.39 Å². The summed E-state index contributed by atoms with van der Waals surface area (Å²) in [6.45, 7) is 28.7. The summed E-state index contributed by atoms with van der Waals surface area (Å²) in [7, 11) is 0. The molecule has 0 N–H and O–H groups in total. The maximum Gasteiger partial charge on any atom is 0.159 e. The van der Waals surface area contributed by atoms with Crippen LogP contribution in [0, 0.1) is 53.7 Å². The molecule has 1 unspecified atom stereocenters. The summed E-state index contributed by atoms with van der Waals surface area (Å²) in [5, 5.41) is 0. The van der Waals surface area contributed by atoms with Gasteiger partial charge in [-0.1, -0.05) is 111 Å². The fourth-order valence-electron chi connectivity index (χ4n) is 4.28. The maximum absolute atomic E-state index is 12.2. The van der Waals surface area contributed by atoms with Crippen LogP contribution in [0.2, 0.25) is 0 Å². The highest BCUT2D eigenvalue weighted by molar-refractivity contribution is 5.03. The Balaban J connectivity index is 0. The quantitative estimate of drug-likeness (QED) is 0.310. The van der Waals surface area contributed by atoms with Crippen molar-refractivity contribution in [2.24, 2.45) is 40.9 Å². The van der Waals surface area contributed by atoms with Crippen molar-refractivity contribution in [2.45, 2.75) is 162 Å². The van der Waals surface area contributed by atoms with Crippen molar-refractivity contribution >= 4 is 0 Å². The van der Waals surface area contributed by atoms with Crippen LogP contribution in [-0.4, -0.2) is 19.9 Å². The summed E-state index contributed by atoms with van der Waals surface area (Å²) in [6.07, 6.45) is 16.5.